The standard InChI is InChI=1S/C9H10N2OS/c1-6-2-3-8(13-6)9-11-7(4-10)5-12-9/h2-3,5H,4,10H2,1H3. The summed E-state index contributed by atoms with van der Waals surface area (Å²) in [5.41, 5.74) is 6.22. The Morgan fingerprint density at radius 1 is 1.54 bits per heavy atom. The van der Waals surface area contributed by atoms with Crippen molar-refractivity contribution in [1.29, 1.82) is 0 Å². The van der Waals surface area contributed by atoms with Gasteiger partial charge >= 0.3 is 0 Å². The predicted molar refractivity (Wildman–Crippen MR) is 52.4 cm³/mol. The van der Waals surface area contributed by atoms with Crippen molar-refractivity contribution in [2.45, 2.75) is 13.5 Å². The molecule has 2 N–H and O–H groups in total. The van der Waals surface area contributed by atoms with Crippen LogP contribution in [0.25, 0.3) is 10.8 Å². The lowest BCUT2D eigenvalue weighted by molar-refractivity contribution is 0.574. The first kappa shape index (κ1) is 8.47. The van der Waals surface area contributed by atoms with Crippen molar-refractivity contribution in [2.24, 2.45) is 5.73 Å². The Morgan fingerprint density at radius 3 is 2.92 bits per heavy atom. The van der Waals surface area contributed by atoms with Crippen molar-refractivity contribution in [2.75, 3.05) is 0 Å². The molecule has 0 aliphatic heterocycles. The maximum absolute atomic E-state index is 5.43. The number of hydrogen-bond donors (Lipinski definition) is 1. The highest BCUT2D eigenvalue weighted by Gasteiger charge is 2.06. The first-order chi connectivity index (χ1) is 6.29. The lowest BCUT2D eigenvalue weighted by Gasteiger charge is -1.85. The molecule has 0 aliphatic carbocycles. The number of aryl methyl sites for hydroxylation is 1. The van der Waals surface area contributed by atoms with Gasteiger partial charge in [0.2, 0.25) is 5.89 Å². The van der Waals surface area contributed by atoms with Crippen molar-refractivity contribution in [3.8, 4) is 10.8 Å². The molecule has 2 aromatic rings. The van der Waals surface area contributed by atoms with Crippen LogP contribution in [0.15, 0.2) is 22.8 Å². The molecule has 68 valence electrons. The lowest BCUT2D eigenvalue weighted by atomic mass is 10.4. The maximum Gasteiger partial charge on any atom is 0.236 e. The summed E-state index contributed by atoms with van der Waals surface area (Å²) in [5.74, 6) is 0.665. The Morgan fingerprint density at radius 2 is 2.38 bits per heavy atom. The highest BCUT2D eigenvalue weighted by Crippen LogP contribution is 2.26. The average Bonchev–Trinajstić information content (AvgIpc) is 2.71. The van der Waals surface area contributed by atoms with Crippen LogP contribution in [-0.4, -0.2) is 4.98 Å². The minimum absolute atomic E-state index is 0.424. The van der Waals surface area contributed by atoms with E-state index in [0.29, 0.717) is 12.4 Å². The zero-order valence-electron chi connectivity index (χ0n) is 7.28. The van der Waals surface area contributed by atoms with Crippen molar-refractivity contribution < 1.29 is 4.42 Å². The predicted octanol–water partition coefficient (Wildman–Crippen LogP) is 2.17. The van der Waals surface area contributed by atoms with Gasteiger partial charge in [0.05, 0.1) is 10.6 Å². The van der Waals surface area contributed by atoms with Crippen LogP contribution in [0.1, 0.15) is 10.6 Å². The number of oxazole rings is 1. The molecule has 13 heavy (non-hydrogen) atoms. The smallest absolute Gasteiger partial charge is 0.236 e. The number of thiophene rings is 1. The lowest BCUT2D eigenvalue weighted by Crippen LogP contribution is -1.95. The number of rotatable bonds is 2. The van der Waals surface area contributed by atoms with Crippen molar-refractivity contribution >= 4 is 11.3 Å². The Hall–Kier alpha value is -1.13. The molecule has 2 heterocycles. The first-order valence-electron chi connectivity index (χ1n) is 4.01. The average molecular weight is 194 g/mol. The topological polar surface area (TPSA) is 52.0 Å². The SMILES string of the molecule is Cc1ccc(-c2nc(CN)co2)s1. The summed E-state index contributed by atoms with van der Waals surface area (Å²) >= 11 is 1.67. The van der Waals surface area contributed by atoms with Crippen LogP contribution in [0.2, 0.25) is 0 Å². The highest BCUT2D eigenvalue weighted by atomic mass is 32.1. The molecule has 2 rings (SSSR count). The zero-order chi connectivity index (χ0) is 9.26. The van der Waals surface area contributed by atoms with Crippen LogP contribution in [0, 0.1) is 6.92 Å². The summed E-state index contributed by atoms with van der Waals surface area (Å²) < 4.78 is 5.27. The van der Waals surface area contributed by atoms with Crippen LogP contribution in [0.5, 0.6) is 0 Å². The fraction of sp³-hybridized carbons (Fsp3) is 0.222. The fourth-order valence-electron chi connectivity index (χ4n) is 1.06. The van der Waals surface area contributed by atoms with Gasteiger partial charge in [-0.3, -0.25) is 0 Å². The quantitative estimate of drug-likeness (QED) is 0.797. The van der Waals surface area contributed by atoms with Gasteiger partial charge in [0.1, 0.15) is 6.26 Å². The van der Waals surface area contributed by atoms with Crippen molar-refractivity contribution in [1.82, 2.24) is 4.98 Å². The summed E-state index contributed by atoms with van der Waals surface area (Å²) in [5, 5.41) is 0. The van der Waals surface area contributed by atoms with E-state index in [0.717, 1.165) is 10.6 Å². The van der Waals surface area contributed by atoms with E-state index >= 15 is 0 Å². The van der Waals surface area contributed by atoms with Crippen LogP contribution < -0.4 is 5.73 Å². The van der Waals surface area contributed by atoms with Crippen LogP contribution in [0.4, 0.5) is 0 Å². The number of aromatic nitrogens is 1. The van der Waals surface area contributed by atoms with E-state index in [-0.39, 0.29) is 0 Å². The zero-order valence-corrected chi connectivity index (χ0v) is 8.10. The van der Waals surface area contributed by atoms with Gasteiger partial charge in [-0.25, -0.2) is 4.98 Å². The summed E-state index contributed by atoms with van der Waals surface area (Å²) in [4.78, 5) is 6.54. The molecule has 0 spiro atoms. The third-order valence-electron chi connectivity index (χ3n) is 1.71. The molecule has 0 unspecified atom stereocenters. The van der Waals surface area contributed by atoms with Gasteiger partial charge in [-0.1, -0.05) is 0 Å². The molecule has 0 aromatic carbocycles. The van der Waals surface area contributed by atoms with Crippen LogP contribution >= 0.6 is 11.3 Å². The third kappa shape index (κ3) is 1.64. The van der Waals surface area contributed by atoms with Gasteiger partial charge in [0.25, 0.3) is 0 Å². The van der Waals surface area contributed by atoms with E-state index in [1.165, 1.54) is 4.88 Å². The molecule has 0 saturated carbocycles. The van der Waals surface area contributed by atoms with Gasteiger partial charge in [0, 0.05) is 11.4 Å². The second kappa shape index (κ2) is 3.32. The molecule has 3 nitrogen and oxygen atoms in total. The van der Waals surface area contributed by atoms with E-state index in [1.54, 1.807) is 17.6 Å². The number of nitrogens with zero attached hydrogens (tertiary/aromatic N) is 1. The first-order valence-corrected chi connectivity index (χ1v) is 4.82. The fourth-order valence-corrected chi connectivity index (χ4v) is 1.86. The molecule has 0 atom stereocenters. The highest BCUT2D eigenvalue weighted by molar-refractivity contribution is 7.15. The Labute approximate surface area is 80.2 Å². The van der Waals surface area contributed by atoms with Crippen molar-refractivity contribution in [3.63, 3.8) is 0 Å². The molecule has 0 saturated heterocycles. The van der Waals surface area contributed by atoms with Gasteiger partial charge in [-0.2, -0.15) is 0 Å². The van der Waals surface area contributed by atoms with Gasteiger partial charge in [-0.05, 0) is 19.1 Å². The van der Waals surface area contributed by atoms with E-state index in [9.17, 15) is 0 Å². The number of hydrogen-bond acceptors (Lipinski definition) is 4. The molecule has 0 aliphatic rings. The van der Waals surface area contributed by atoms with Gasteiger partial charge in [-0.15, -0.1) is 11.3 Å². The van der Waals surface area contributed by atoms with E-state index in [1.807, 2.05) is 12.1 Å². The van der Waals surface area contributed by atoms with Crippen LogP contribution in [-0.2, 0) is 6.54 Å². The normalized spacial score (nSPS) is 10.6. The molecule has 2 aromatic heterocycles. The third-order valence-corrected chi connectivity index (χ3v) is 2.70. The van der Waals surface area contributed by atoms with Crippen molar-refractivity contribution in [3.05, 3.63) is 29.0 Å². The Kier molecular flexibility index (Phi) is 2.16. The number of nitrogens with two attached hydrogens (primary N) is 1. The molecule has 0 bridgehead atoms. The molecule has 0 fully saturated rings. The maximum atomic E-state index is 5.43. The van der Waals surface area contributed by atoms with E-state index in [2.05, 4.69) is 11.9 Å². The minimum atomic E-state index is 0.424. The Balaban J connectivity index is 2.35. The molecule has 0 radical (unpaired) electrons. The summed E-state index contributed by atoms with van der Waals surface area (Å²) in [6, 6.07) is 4.05. The monoisotopic (exact) mass is 194 g/mol. The Bertz CT molecular complexity index is 405. The molecular formula is C9H10N2OS. The van der Waals surface area contributed by atoms with Gasteiger partial charge < -0.3 is 10.2 Å². The largest absolute Gasteiger partial charge is 0.444 e. The summed E-state index contributed by atoms with van der Waals surface area (Å²) in [6.45, 7) is 2.48. The minimum Gasteiger partial charge on any atom is -0.444 e. The van der Waals surface area contributed by atoms with E-state index < -0.39 is 0 Å². The summed E-state index contributed by atoms with van der Waals surface area (Å²) in [6.07, 6.45) is 1.60. The molecular weight excluding hydrogens is 184 g/mol. The summed E-state index contributed by atoms with van der Waals surface area (Å²) in [7, 11) is 0. The van der Waals surface area contributed by atoms with Gasteiger partial charge in [0.15, 0.2) is 0 Å². The van der Waals surface area contributed by atoms with Crippen LogP contribution in [0.3, 0.4) is 0 Å². The second-order valence-corrected chi connectivity index (χ2v) is 4.05. The second-order valence-electron chi connectivity index (χ2n) is 2.76. The molecule has 0 amide bonds. The molecule has 4 heteroatoms. The van der Waals surface area contributed by atoms with E-state index in [4.69, 9.17) is 10.2 Å².